The summed E-state index contributed by atoms with van der Waals surface area (Å²) in [7, 11) is -6.71. The van der Waals surface area contributed by atoms with Crippen molar-refractivity contribution in [3.63, 3.8) is 0 Å². The molecule has 0 aliphatic carbocycles. The predicted octanol–water partition coefficient (Wildman–Crippen LogP) is 17.1. The van der Waals surface area contributed by atoms with E-state index in [9.17, 15) is 62.4 Å². The first-order valence-electron chi connectivity index (χ1n) is 38.7. The van der Waals surface area contributed by atoms with Crippen LogP contribution in [0.4, 0.5) is 25.2 Å². The van der Waals surface area contributed by atoms with Gasteiger partial charge in [0.05, 0.1) is 68.4 Å². The molecule has 42 heteroatoms. The Morgan fingerprint density at radius 1 is 0.608 bits per heavy atom. The van der Waals surface area contributed by atoms with Crippen LogP contribution >= 0.6 is 101 Å². The van der Waals surface area contributed by atoms with Gasteiger partial charge in [-0.15, -0.1) is 34.8 Å². The number of aryl methyl sites for hydroxylation is 1. The van der Waals surface area contributed by atoms with Crippen LogP contribution in [0.3, 0.4) is 0 Å². The van der Waals surface area contributed by atoms with Gasteiger partial charge in [-0.3, -0.25) is 54.4 Å². The third kappa shape index (κ3) is 88.8. The van der Waals surface area contributed by atoms with Gasteiger partial charge in [-0.2, -0.15) is 8.42 Å². The fourth-order valence-electron chi connectivity index (χ4n) is 8.38. The van der Waals surface area contributed by atoms with Crippen LogP contribution in [0.1, 0.15) is 243 Å². The zero-order chi connectivity index (χ0) is 95.6. The van der Waals surface area contributed by atoms with Crippen molar-refractivity contribution in [2.45, 2.75) is 217 Å². The van der Waals surface area contributed by atoms with Gasteiger partial charge >= 0.3 is 126 Å². The van der Waals surface area contributed by atoms with E-state index in [0.717, 1.165) is 84.1 Å². The summed E-state index contributed by atoms with van der Waals surface area (Å²) in [4.78, 5) is 81.0. The number of benzene rings is 1. The van der Waals surface area contributed by atoms with Gasteiger partial charge in [0.1, 0.15) is 31.3 Å². The summed E-state index contributed by atoms with van der Waals surface area (Å²) in [5.41, 5.74) is 7.69. The number of allylic oxidation sites excluding steroid dienone is 1. The number of carboxylic acid groups (broad SMARTS) is 1. The van der Waals surface area contributed by atoms with Gasteiger partial charge in [0.25, 0.3) is 16.1 Å². The standard InChI is InChI=1S/C16H18ClNO3S.C10H12ClNO.C9H11Cl2N.C9H12ClNO.C8H14O3.C7H14ClN2.C5H7O3.C4H8O2.3C4H8O.C2H6O.CH2Cl2.F6P.K.Na.H2O.H/c1-11(2)16-13(8-14(17)9-18-16)10-21-22(19,20)15-6-4-12(3)5-7-15;1-6(2)10-9(7(3)13)4-8(11)5-12-10;1-6(2)9-7(4-10)3-8(11)5-12-9;1-6(2)9-7(5-12)3-8(10)4-11-9;1-4-11-8(10)5-7(9)6(2)3;1-9(2)5-7(8)6-10(3)4;1-2-8-5(7)3-4-6;1-3(2)4(5)6;3*1-2-4-5-3-1;1-2-3;2-1-3;1-7(2,3,4,5)6;;;;/h4-9,11H,10H2,1-3H3;4-6H,1-3H3;3,5-6H,4H2,1-2H3;3-4,6,12H,5H2,1-2H3;6H,4-5H2,1-3H3;5-6H,1-4H3;2-3H2,1H3;3H,1-2H3,(H,5,6);3*1-4H2;3H,2H2,1H3;1H2;;;;1H2;/q;;;;;+1;-1;;;;;;;-1;2*+1;;-1/p-1. The molecule has 8 rings (SSSR count). The summed E-state index contributed by atoms with van der Waals surface area (Å²) in [5.74, 6) is -0.453. The Morgan fingerprint density at radius 3 is 1.21 bits per heavy atom. The zero-order valence-corrected chi connectivity index (χ0v) is 89.1. The van der Waals surface area contributed by atoms with E-state index in [4.69, 9.17) is 127 Å². The SMILES string of the molecule is C1CCOC1.C1CCOC1.C1CCOC1.CC(=O)c1cc(Cl)cnc1C(C)C.CC(C)C(=O)O.CC(C)c1ncc(Cl)cc1CCl.CC(C)c1ncc(Cl)cc1CO.CCO.CCOC(=O)CC(=O)C(C)C.CCOC(=O)C[C-]=O.CN(C)/C=C(\Cl)C=[N+](C)C.Cc1ccc(S(=O)(=O)OCc2cc(Cl)cnc2C(C)C)cc1.ClCCl.F[P-](F)(F)(F)(F)F.[H-].[K+].[Na+].[OH-]. The van der Waals surface area contributed by atoms with Crippen molar-refractivity contribution in [2.75, 3.05) is 93.0 Å². The summed E-state index contributed by atoms with van der Waals surface area (Å²) >= 11 is 44.3. The van der Waals surface area contributed by atoms with Crippen LogP contribution in [0.25, 0.3) is 0 Å². The van der Waals surface area contributed by atoms with Crippen LogP contribution in [0.2, 0.25) is 20.1 Å². The average molecular weight is 2020 g/mol. The Bertz CT molecular complexity index is 3800. The van der Waals surface area contributed by atoms with E-state index in [0.29, 0.717) is 62.1 Å². The number of carbonyl (C=O) groups excluding carboxylic acids is 5. The van der Waals surface area contributed by atoms with E-state index in [-0.39, 0.29) is 166 Å². The molecule has 3 fully saturated rings. The molecule has 0 saturated carbocycles. The van der Waals surface area contributed by atoms with E-state index >= 15 is 0 Å². The number of aliphatic carboxylic acids is 1. The molecule has 7 heterocycles. The zero-order valence-electron chi connectivity index (χ0n) is 77.2. The van der Waals surface area contributed by atoms with Crippen molar-refractivity contribution in [3.05, 3.63) is 155 Å². The van der Waals surface area contributed by atoms with Gasteiger partial charge in [0.2, 0.25) is 0 Å². The number of alkyl halides is 3. The minimum Gasteiger partial charge on any atom is -1.00 e. The summed E-state index contributed by atoms with van der Waals surface area (Å²) in [5, 5.41) is 27.7. The number of aromatic nitrogens is 4. The first-order chi connectivity index (χ1) is 56.4. The van der Waals surface area contributed by atoms with Gasteiger partial charge in [-0.1, -0.05) is 165 Å². The number of nitrogens with zero attached hydrogens (tertiary/aromatic N) is 6. The van der Waals surface area contributed by atoms with E-state index < -0.39 is 35.8 Å². The van der Waals surface area contributed by atoms with Crippen molar-refractivity contribution < 1.29 is 198 Å². The van der Waals surface area contributed by atoms with Crippen molar-refractivity contribution in [3.8, 4) is 0 Å². The van der Waals surface area contributed by atoms with Crippen LogP contribution in [-0.4, -0.2) is 194 Å². The fraction of sp³-hybridized carbons (Fsp3) is 0.578. The van der Waals surface area contributed by atoms with E-state index in [1.165, 1.54) is 63.9 Å². The molecule has 0 unspecified atom stereocenters. The Balaban J connectivity index is -0.000000148. The van der Waals surface area contributed by atoms with Gasteiger partial charge in [0, 0.05) is 137 Å². The molecule has 5 aromatic rings. The molecule has 24 nitrogen and oxygen atoms in total. The number of pyridine rings is 4. The second-order valence-electron chi connectivity index (χ2n) is 27.8. The van der Waals surface area contributed by atoms with Crippen LogP contribution in [-0.2, 0) is 81.1 Å². The van der Waals surface area contributed by atoms with E-state index in [1.54, 1.807) is 104 Å². The molecule has 0 bridgehead atoms. The Kier molecular flexibility index (Phi) is 89.2. The van der Waals surface area contributed by atoms with Gasteiger partial charge in [0.15, 0.2) is 12.0 Å². The summed E-state index contributed by atoms with van der Waals surface area (Å²) in [6, 6.07) is 13.5. The van der Waals surface area contributed by atoms with Crippen LogP contribution in [0, 0.1) is 18.8 Å². The molecule has 712 valence electrons. The largest absolute Gasteiger partial charge is 1.00 e. The van der Waals surface area contributed by atoms with E-state index in [1.807, 2.05) is 105 Å². The predicted molar refractivity (Wildman–Crippen MR) is 484 cm³/mol. The molecule has 125 heavy (non-hydrogen) atoms. The fourth-order valence-corrected chi connectivity index (χ4v) is 10.6. The second-order valence-corrected chi connectivity index (χ2v) is 34.6. The number of ether oxygens (including phenoxy) is 5. The molecule has 3 aliphatic heterocycles. The number of aliphatic hydroxyl groups excluding tert-OH is 2. The third-order valence-electron chi connectivity index (χ3n) is 13.9. The molecule has 3 saturated heterocycles. The molecule has 0 spiro atoms. The van der Waals surface area contributed by atoms with Crippen LogP contribution < -0.4 is 80.9 Å². The van der Waals surface area contributed by atoms with Crippen molar-refractivity contribution in [1.82, 2.24) is 24.8 Å². The summed E-state index contributed by atoms with van der Waals surface area (Å²) in [6.07, 6.45) is 18.8. The molecular weight excluding hydrogens is 1890 g/mol. The normalized spacial score (nSPS) is 12.4. The monoisotopic (exact) mass is 2020 g/mol. The van der Waals surface area contributed by atoms with Crippen molar-refractivity contribution in [2.24, 2.45) is 11.8 Å². The first-order valence-corrected chi connectivity index (χ1v) is 45.6. The summed E-state index contributed by atoms with van der Waals surface area (Å²) in [6.45, 7) is 38.4. The summed E-state index contributed by atoms with van der Waals surface area (Å²) < 4.78 is 114. The van der Waals surface area contributed by atoms with Gasteiger partial charge < -0.3 is 55.6 Å². The number of halogens is 14. The smallest absolute Gasteiger partial charge is 1.00 e. The average Bonchev–Trinajstić information content (AvgIpc) is 0.921. The Labute approximate surface area is 843 Å². The molecule has 4 aromatic heterocycles. The maximum atomic E-state index is 12.2. The third-order valence-corrected chi connectivity index (χ3v) is 16.5. The van der Waals surface area contributed by atoms with Gasteiger partial charge in [-0.25, -0.2) is 4.58 Å². The number of rotatable bonds is 21. The molecule has 0 amide bonds. The topological polar surface area (TPSA) is 340 Å². The molecule has 0 atom stereocenters. The molecule has 3 aliphatic rings. The number of esters is 2. The maximum absolute atomic E-state index is 12.2. The van der Waals surface area contributed by atoms with Gasteiger partial charge in [-0.05, 0) is 139 Å². The first kappa shape index (κ1) is 140. The quantitative estimate of drug-likeness (QED) is 0.00525. The Morgan fingerprint density at radius 2 is 0.928 bits per heavy atom. The minimum absolute atomic E-state index is 0. The minimum atomic E-state index is -10.7. The molecule has 1 aromatic carbocycles. The van der Waals surface area contributed by atoms with E-state index in [2.05, 4.69) is 43.3 Å². The molecular formula is C83H130Cl8F6KN6NaO18PS-. The van der Waals surface area contributed by atoms with Crippen molar-refractivity contribution >= 4 is 153 Å². The number of hydrogen-bond acceptors (Lipinski definition) is 22. The number of aliphatic hydroxyl groups is 2. The molecule has 4 N–H and O–H groups in total. The maximum Gasteiger partial charge on any atom is 1.00 e. The number of hydrogen-bond donors (Lipinski definition) is 3. The van der Waals surface area contributed by atoms with Crippen LogP contribution in [0.15, 0.2) is 89.4 Å². The number of carbonyl (C=O) groups is 5. The second kappa shape index (κ2) is 79.6. The Hall–Kier alpha value is -2.91. The number of Topliss-reactive ketones (excluding diaryl/α,β-unsaturated/α-hetero) is 2. The van der Waals surface area contributed by atoms with Crippen molar-refractivity contribution in [1.29, 1.82) is 0 Å². The number of ketones is 2. The van der Waals surface area contributed by atoms with Crippen LogP contribution in [0.5, 0.6) is 0 Å². The number of carboxylic acids is 1. The molecule has 0 radical (unpaired) electrons.